The van der Waals surface area contributed by atoms with Crippen molar-refractivity contribution in [2.45, 2.75) is 13.5 Å². The fourth-order valence-electron chi connectivity index (χ4n) is 2.81. The molecule has 0 aliphatic rings. The number of amides is 1. The van der Waals surface area contributed by atoms with Crippen molar-refractivity contribution in [2.24, 2.45) is 0 Å². The van der Waals surface area contributed by atoms with Crippen LogP contribution < -0.4 is 5.32 Å². The van der Waals surface area contributed by atoms with Crippen LogP contribution >= 0.6 is 11.6 Å². The Morgan fingerprint density at radius 2 is 1.83 bits per heavy atom. The van der Waals surface area contributed by atoms with Crippen LogP contribution in [-0.2, 0) is 6.54 Å². The molecule has 0 bridgehead atoms. The Morgan fingerprint density at radius 3 is 2.55 bits per heavy atom. The summed E-state index contributed by atoms with van der Waals surface area (Å²) in [5.41, 5.74) is 1.60. The van der Waals surface area contributed by atoms with Gasteiger partial charge in [0.05, 0.1) is 18.4 Å². The molecule has 0 fully saturated rings. The minimum atomic E-state index is -0.466. The summed E-state index contributed by atoms with van der Waals surface area (Å²) in [7, 11) is 0. The van der Waals surface area contributed by atoms with Gasteiger partial charge in [-0.3, -0.25) is 4.79 Å². The summed E-state index contributed by atoms with van der Waals surface area (Å²) in [6.45, 7) is 2.19. The average Bonchev–Trinajstić information content (AvgIpc) is 3.31. The molecule has 0 spiro atoms. The zero-order valence-corrected chi connectivity index (χ0v) is 16.1. The van der Waals surface area contributed by atoms with Crippen molar-refractivity contribution >= 4 is 23.3 Å². The van der Waals surface area contributed by atoms with Gasteiger partial charge in [0, 0.05) is 11.1 Å². The minimum Gasteiger partial charge on any atom is -0.304 e. The molecule has 7 nitrogen and oxygen atoms in total. The summed E-state index contributed by atoms with van der Waals surface area (Å²) in [5.74, 6) is 0.216. The summed E-state index contributed by atoms with van der Waals surface area (Å²) >= 11 is 5.91. The summed E-state index contributed by atoms with van der Waals surface area (Å²) in [5, 5.41) is 11.9. The van der Waals surface area contributed by atoms with Gasteiger partial charge in [-0.15, -0.1) is 5.10 Å². The average molecular weight is 411 g/mol. The van der Waals surface area contributed by atoms with E-state index in [1.807, 2.05) is 12.1 Å². The van der Waals surface area contributed by atoms with E-state index in [0.29, 0.717) is 28.9 Å². The van der Waals surface area contributed by atoms with Crippen molar-refractivity contribution in [1.29, 1.82) is 0 Å². The molecule has 0 saturated carbocycles. The molecule has 1 N–H and O–H groups in total. The number of rotatable bonds is 5. The third kappa shape index (κ3) is 4.17. The predicted molar refractivity (Wildman–Crippen MR) is 107 cm³/mol. The van der Waals surface area contributed by atoms with E-state index in [2.05, 4.69) is 20.5 Å². The Labute approximate surface area is 170 Å². The molecule has 0 aliphatic heterocycles. The van der Waals surface area contributed by atoms with Gasteiger partial charge in [0.1, 0.15) is 17.5 Å². The number of aromatic nitrogens is 5. The van der Waals surface area contributed by atoms with E-state index in [4.69, 9.17) is 11.6 Å². The molecule has 4 rings (SSSR count). The number of hydrogen-bond acceptors (Lipinski definition) is 4. The van der Waals surface area contributed by atoms with E-state index in [9.17, 15) is 9.18 Å². The lowest BCUT2D eigenvalue weighted by molar-refractivity contribution is 0.101. The van der Waals surface area contributed by atoms with E-state index in [1.165, 1.54) is 16.8 Å². The maximum Gasteiger partial charge on any atom is 0.296 e. The van der Waals surface area contributed by atoms with Crippen LogP contribution in [0, 0.1) is 12.7 Å². The van der Waals surface area contributed by atoms with E-state index < -0.39 is 5.91 Å². The maximum absolute atomic E-state index is 13.1. The molecular weight excluding hydrogens is 395 g/mol. The second-order valence-electron chi connectivity index (χ2n) is 6.33. The zero-order valence-electron chi connectivity index (χ0n) is 15.4. The number of hydrogen-bond donors (Lipinski definition) is 1. The van der Waals surface area contributed by atoms with Crippen LogP contribution in [0.15, 0.2) is 60.8 Å². The van der Waals surface area contributed by atoms with Gasteiger partial charge in [0.2, 0.25) is 5.82 Å². The first-order chi connectivity index (χ1) is 14.0. The lowest BCUT2D eigenvalue weighted by Crippen LogP contribution is -2.18. The molecule has 29 heavy (non-hydrogen) atoms. The summed E-state index contributed by atoms with van der Waals surface area (Å²) in [4.78, 5) is 16.9. The predicted octanol–water partition coefficient (Wildman–Crippen LogP) is 3.87. The van der Waals surface area contributed by atoms with Gasteiger partial charge in [0.25, 0.3) is 5.91 Å². The second kappa shape index (κ2) is 7.84. The van der Waals surface area contributed by atoms with Crippen LogP contribution in [0.4, 0.5) is 10.2 Å². The molecule has 2 heterocycles. The number of carbonyl (C=O) groups is 1. The molecule has 4 aromatic rings. The van der Waals surface area contributed by atoms with Gasteiger partial charge in [-0.1, -0.05) is 23.7 Å². The highest BCUT2D eigenvalue weighted by Crippen LogP contribution is 2.15. The summed E-state index contributed by atoms with van der Waals surface area (Å²) in [6, 6.07) is 14.9. The van der Waals surface area contributed by atoms with E-state index in [0.717, 1.165) is 5.56 Å². The van der Waals surface area contributed by atoms with Crippen LogP contribution in [0.1, 0.15) is 22.0 Å². The summed E-state index contributed by atoms with van der Waals surface area (Å²) in [6.07, 6.45) is 1.60. The van der Waals surface area contributed by atoms with Gasteiger partial charge < -0.3 is 5.32 Å². The molecule has 146 valence electrons. The van der Waals surface area contributed by atoms with Crippen molar-refractivity contribution < 1.29 is 9.18 Å². The van der Waals surface area contributed by atoms with Crippen molar-refractivity contribution in [3.05, 3.63) is 88.8 Å². The largest absolute Gasteiger partial charge is 0.304 e. The lowest BCUT2D eigenvalue weighted by Gasteiger charge is -2.08. The quantitative estimate of drug-likeness (QED) is 0.542. The molecule has 0 radical (unpaired) electrons. The van der Waals surface area contributed by atoms with Crippen molar-refractivity contribution in [3.8, 4) is 5.69 Å². The van der Waals surface area contributed by atoms with Gasteiger partial charge in [-0.25, -0.2) is 18.7 Å². The molecule has 0 unspecified atom stereocenters. The third-order valence-electron chi connectivity index (χ3n) is 4.25. The van der Waals surface area contributed by atoms with Crippen LogP contribution in [0.5, 0.6) is 0 Å². The number of halogens is 2. The van der Waals surface area contributed by atoms with Crippen LogP contribution in [0.3, 0.4) is 0 Å². The normalized spacial score (nSPS) is 10.9. The SMILES string of the molecule is Cc1nc(C(=O)Nc2ccnn2Cc2ccc(Cl)cc2)nn1-c1ccc(F)cc1. The van der Waals surface area contributed by atoms with E-state index in [-0.39, 0.29) is 11.6 Å². The standard InChI is InChI=1S/C20H16ClFN6O/c1-13-24-19(26-28(13)17-8-6-16(22)7-9-17)20(29)25-18-10-11-23-27(18)12-14-2-4-15(21)5-3-14/h2-11H,12H2,1H3,(H,25,29). The van der Waals surface area contributed by atoms with E-state index in [1.54, 1.807) is 48.1 Å². The zero-order chi connectivity index (χ0) is 20.4. The first kappa shape index (κ1) is 18.8. The second-order valence-corrected chi connectivity index (χ2v) is 6.76. The number of carbonyl (C=O) groups excluding carboxylic acids is 1. The smallest absolute Gasteiger partial charge is 0.296 e. The monoisotopic (exact) mass is 410 g/mol. The van der Waals surface area contributed by atoms with Crippen LogP contribution in [0.25, 0.3) is 5.69 Å². The Balaban J connectivity index is 1.52. The van der Waals surface area contributed by atoms with Crippen LogP contribution in [-0.4, -0.2) is 30.5 Å². The molecule has 2 aromatic heterocycles. The fraction of sp³-hybridized carbons (Fsp3) is 0.100. The molecule has 0 aliphatic carbocycles. The van der Waals surface area contributed by atoms with Gasteiger partial charge in [-0.2, -0.15) is 5.10 Å². The van der Waals surface area contributed by atoms with Crippen molar-refractivity contribution in [2.75, 3.05) is 5.32 Å². The molecule has 9 heteroatoms. The van der Waals surface area contributed by atoms with Crippen molar-refractivity contribution in [1.82, 2.24) is 24.5 Å². The third-order valence-corrected chi connectivity index (χ3v) is 4.50. The van der Waals surface area contributed by atoms with Gasteiger partial charge in [-0.05, 0) is 48.9 Å². The van der Waals surface area contributed by atoms with Crippen LogP contribution in [0.2, 0.25) is 5.02 Å². The Bertz CT molecular complexity index is 1150. The highest BCUT2D eigenvalue weighted by molar-refractivity contribution is 6.30. The van der Waals surface area contributed by atoms with E-state index >= 15 is 0 Å². The van der Waals surface area contributed by atoms with Gasteiger partial charge >= 0.3 is 0 Å². The highest BCUT2D eigenvalue weighted by atomic mass is 35.5. The number of anilines is 1. The number of benzene rings is 2. The maximum atomic E-state index is 13.1. The first-order valence-corrected chi connectivity index (χ1v) is 9.14. The first-order valence-electron chi connectivity index (χ1n) is 8.77. The highest BCUT2D eigenvalue weighted by Gasteiger charge is 2.17. The molecule has 0 atom stereocenters. The number of aryl methyl sites for hydroxylation is 1. The molecule has 1 amide bonds. The minimum absolute atomic E-state index is 0.00562. The Kier molecular flexibility index (Phi) is 5.09. The number of nitrogens with zero attached hydrogens (tertiary/aromatic N) is 5. The fourth-order valence-corrected chi connectivity index (χ4v) is 2.94. The van der Waals surface area contributed by atoms with Gasteiger partial charge in [0.15, 0.2) is 0 Å². The molecule has 2 aromatic carbocycles. The van der Waals surface area contributed by atoms with Crippen molar-refractivity contribution in [3.63, 3.8) is 0 Å². The lowest BCUT2D eigenvalue weighted by atomic mass is 10.2. The topological polar surface area (TPSA) is 77.6 Å². The summed E-state index contributed by atoms with van der Waals surface area (Å²) < 4.78 is 16.3. The number of nitrogens with one attached hydrogen (secondary N) is 1. The Morgan fingerprint density at radius 1 is 1.10 bits per heavy atom. The molecule has 0 saturated heterocycles. The Hall–Kier alpha value is -3.52. The molecular formula is C20H16ClFN6O.